The average Bonchev–Trinajstić information content (AvgIpc) is 3.34. The van der Waals surface area contributed by atoms with Gasteiger partial charge in [0.05, 0.1) is 0 Å². The predicted molar refractivity (Wildman–Crippen MR) is 107 cm³/mol. The van der Waals surface area contributed by atoms with Gasteiger partial charge in [-0.3, -0.25) is 0 Å². The summed E-state index contributed by atoms with van der Waals surface area (Å²) < 4.78 is 14.5. The van der Waals surface area contributed by atoms with E-state index >= 15 is 0 Å². The highest BCUT2D eigenvalue weighted by Crippen LogP contribution is 2.32. The third-order valence-corrected chi connectivity index (χ3v) is 5.66. The highest BCUT2D eigenvalue weighted by molar-refractivity contribution is 9.10. The van der Waals surface area contributed by atoms with E-state index in [1.54, 1.807) is 4.52 Å². The number of hydrogen-bond acceptors (Lipinski definition) is 6. The molecule has 134 valence electrons. The van der Waals surface area contributed by atoms with Crippen molar-refractivity contribution in [3.8, 4) is 17.3 Å². The van der Waals surface area contributed by atoms with E-state index in [-0.39, 0.29) is 0 Å². The minimum Gasteiger partial charge on any atom is -0.486 e. The molecular formula is C19H13BrN4O2S. The minimum absolute atomic E-state index is 0.369. The summed E-state index contributed by atoms with van der Waals surface area (Å²) in [4.78, 5) is 0.708. The second-order valence-electron chi connectivity index (χ2n) is 6.01. The maximum absolute atomic E-state index is 6.01. The van der Waals surface area contributed by atoms with Crippen molar-refractivity contribution < 1.29 is 9.15 Å². The number of halogens is 1. The van der Waals surface area contributed by atoms with Crippen molar-refractivity contribution in [3.05, 3.63) is 63.6 Å². The summed E-state index contributed by atoms with van der Waals surface area (Å²) in [6, 6.07) is 15.6. The largest absolute Gasteiger partial charge is 0.486 e. The van der Waals surface area contributed by atoms with E-state index in [9.17, 15) is 0 Å². The van der Waals surface area contributed by atoms with Gasteiger partial charge in [0.15, 0.2) is 10.8 Å². The summed E-state index contributed by atoms with van der Waals surface area (Å²) in [6.07, 6.45) is 0. The molecule has 0 spiro atoms. The quantitative estimate of drug-likeness (QED) is 0.381. The molecule has 0 aliphatic carbocycles. The second kappa shape index (κ2) is 6.47. The fourth-order valence-electron chi connectivity index (χ4n) is 2.92. The Morgan fingerprint density at radius 3 is 2.74 bits per heavy atom. The molecule has 3 heterocycles. The molecule has 0 amide bonds. The van der Waals surface area contributed by atoms with Crippen LogP contribution in [0.4, 0.5) is 0 Å². The molecule has 0 unspecified atom stereocenters. The van der Waals surface area contributed by atoms with Gasteiger partial charge in [0, 0.05) is 15.4 Å². The number of benzene rings is 2. The Morgan fingerprint density at radius 1 is 1.11 bits per heavy atom. The summed E-state index contributed by atoms with van der Waals surface area (Å²) in [5, 5.41) is 15.0. The molecule has 0 N–H and O–H groups in total. The fraction of sp³-hybridized carbons (Fsp3) is 0.105. The summed E-state index contributed by atoms with van der Waals surface area (Å²) in [6.45, 7) is 2.39. The first-order chi connectivity index (χ1) is 13.2. The Labute approximate surface area is 166 Å². The molecular weight excluding hydrogens is 428 g/mol. The monoisotopic (exact) mass is 440 g/mol. The summed E-state index contributed by atoms with van der Waals surface area (Å²) in [5.74, 6) is 2.08. The minimum atomic E-state index is 0.369. The van der Waals surface area contributed by atoms with Gasteiger partial charge in [-0.1, -0.05) is 45.5 Å². The Kier molecular flexibility index (Phi) is 3.95. The lowest BCUT2D eigenvalue weighted by molar-refractivity contribution is 0.304. The molecule has 0 saturated carbocycles. The predicted octanol–water partition coefficient (Wildman–Crippen LogP) is 5.25. The first kappa shape index (κ1) is 16.5. The number of ether oxygens (including phenoxy) is 1. The van der Waals surface area contributed by atoms with E-state index in [4.69, 9.17) is 9.15 Å². The van der Waals surface area contributed by atoms with Crippen molar-refractivity contribution in [1.82, 2.24) is 19.8 Å². The first-order valence-corrected chi connectivity index (χ1v) is 9.88. The van der Waals surface area contributed by atoms with Crippen molar-refractivity contribution in [2.24, 2.45) is 0 Å². The van der Waals surface area contributed by atoms with Crippen LogP contribution in [0.2, 0.25) is 0 Å². The van der Waals surface area contributed by atoms with Crippen molar-refractivity contribution in [2.45, 2.75) is 13.5 Å². The van der Waals surface area contributed by atoms with Crippen LogP contribution < -0.4 is 4.74 Å². The molecule has 5 aromatic rings. The first-order valence-electron chi connectivity index (χ1n) is 8.27. The van der Waals surface area contributed by atoms with Gasteiger partial charge in [-0.2, -0.15) is 9.61 Å². The van der Waals surface area contributed by atoms with E-state index < -0.39 is 0 Å². The lowest BCUT2D eigenvalue weighted by atomic mass is 10.1. The number of aromatic nitrogens is 4. The lowest BCUT2D eigenvalue weighted by Gasteiger charge is -2.03. The number of aryl methyl sites for hydroxylation is 1. The zero-order chi connectivity index (χ0) is 18.4. The molecule has 8 heteroatoms. The van der Waals surface area contributed by atoms with Crippen LogP contribution in [-0.4, -0.2) is 19.8 Å². The molecule has 27 heavy (non-hydrogen) atoms. The molecule has 2 aromatic carbocycles. The smallest absolute Gasteiger partial charge is 0.235 e. The summed E-state index contributed by atoms with van der Waals surface area (Å²) in [5.41, 5.74) is 1.86. The van der Waals surface area contributed by atoms with Gasteiger partial charge in [-0.05, 0) is 37.3 Å². The zero-order valence-corrected chi connectivity index (χ0v) is 16.6. The molecule has 5 rings (SSSR count). The van der Waals surface area contributed by atoms with Crippen molar-refractivity contribution in [2.75, 3.05) is 0 Å². The number of nitrogens with zero attached hydrogens (tertiary/aromatic N) is 4. The van der Waals surface area contributed by atoms with Gasteiger partial charge < -0.3 is 9.15 Å². The number of hydrogen-bond donors (Lipinski definition) is 0. The normalized spacial score (nSPS) is 11.5. The highest BCUT2D eigenvalue weighted by Gasteiger charge is 2.20. The molecule has 6 nitrogen and oxygen atoms in total. The molecule has 0 fully saturated rings. The SMILES string of the molecule is Cc1c(-c2nnc3sc(COc4ccc(Br)cc4)nn23)oc2ccccc12. The average molecular weight is 441 g/mol. The number of furan rings is 1. The van der Waals surface area contributed by atoms with Crippen LogP contribution in [0.3, 0.4) is 0 Å². The van der Waals surface area contributed by atoms with Crippen LogP contribution in [0.15, 0.2) is 57.4 Å². The van der Waals surface area contributed by atoms with Gasteiger partial charge in [-0.25, -0.2) is 0 Å². The fourth-order valence-corrected chi connectivity index (χ4v) is 3.93. The van der Waals surface area contributed by atoms with Crippen LogP contribution in [0.5, 0.6) is 5.75 Å². The van der Waals surface area contributed by atoms with E-state index in [1.807, 2.05) is 55.5 Å². The number of para-hydroxylation sites is 1. The van der Waals surface area contributed by atoms with Crippen LogP contribution in [0.25, 0.3) is 27.5 Å². The van der Waals surface area contributed by atoms with E-state index in [0.717, 1.165) is 31.8 Å². The van der Waals surface area contributed by atoms with E-state index in [2.05, 4.69) is 31.2 Å². The lowest BCUT2D eigenvalue weighted by Crippen LogP contribution is -1.97. The molecule has 0 bridgehead atoms. The molecule has 3 aromatic heterocycles. The topological polar surface area (TPSA) is 65.5 Å². The van der Waals surface area contributed by atoms with E-state index in [1.165, 1.54) is 11.3 Å². The summed E-state index contributed by atoms with van der Waals surface area (Å²) in [7, 11) is 0. The molecule has 0 atom stereocenters. The maximum Gasteiger partial charge on any atom is 0.235 e. The number of fused-ring (bicyclic) bond motifs is 2. The van der Waals surface area contributed by atoms with Crippen LogP contribution in [0.1, 0.15) is 10.6 Å². The van der Waals surface area contributed by atoms with Crippen molar-refractivity contribution in [3.63, 3.8) is 0 Å². The highest BCUT2D eigenvalue weighted by atomic mass is 79.9. The van der Waals surface area contributed by atoms with Gasteiger partial charge in [0.1, 0.15) is 17.9 Å². The Balaban J connectivity index is 1.47. The third kappa shape index (κ3) is 2.90. The van der Waals surface area contributed by atoms with Gasteiger partial charge >= 0.3 is 0 Å². The molecule has 0 radical (unpaired) electrons. The number of rotatable bonds is 4. The van der Waals surface area contributed by atoms with Crippen LogP contribution >= 0.6 is 27.3 Å². The molecule has 0 aliphatic heterocycles. The van der Waals surface area contributed by atoms with E-state index in [0.29, 0.717) is 23.2 Å². The zero-order valence-electron chi connectivity index (χ0n) is 14.2. The Bertz CT molecular complexity index is 1260. The van der Waals surface area contributed by atoms with Gasteiger partial charge in [-0.15, -0.1) is 10.2 Å². The third-order valence-electron chi connectivity index (χ3n) is 4.26. The van der Waals surface area contributed by atoms with Crippen molar-refractivity contribution >= 4 is 43.2 Å². The Morgan fingerprint density at radius 2 is 1.93 bits per heavy atom. The Hall–Kier alpha value is -2.71. The van der Waals surface area contributed by atoms with Gasteiger partial charge in [0.2, 0.25) is 10.8 Å². The van der Waals surface area contributed by atoms with Gasteiger partial charge in [0.25, 0.3) is 0 Å². The second-order valence-corrected chi connectivity index (χ2v) is 7.96. The molecule has 0 saturated heterocycles. The maximum atomic E-state index is 6.01. The van der Waals surface area contributed by atoms with Crippen LogP contribution in [-0.2, 0) is 6.61 Å². The summed E-state index contributed by atoms with van der Waals surface area (Å²) >= 11 is 4.87. The molecule has 0 aliphatic rings. The van der Waals surface area contributed by atoms with Crippen LogP contribution in [0, 0.1) is 6.92 Å². The standard InChI is InChI=1S/C19H13BrN4O2S/c1-11-14-4-2-3-5-15(14)26-17(11)18-21-22-19-24(18)23-16(27-19)10-25-13-8-6-12(20)7-9-13/h2-9H,10H2,1H3. The van der Waals surface area contributed by atoms with Crippen molar-refractivity contribution in [1.29, 1.82) is 0 Å².